The number of nitrogens with zero attached hydrogens (tertiary/aromatic N) is 3. The summed E-state index contributed by atoms with van der Waals surface area (Å²) in [6, 6.07) is 7.08. The highest BCUT2D eigenvalue weighted by Gasteiger charge is 2.54. The highest BCUT2D eigenvalue weighted by molar-refractivity contribution is 6.07. The SMILES string of the molecule is COc1ccc(C(=O)N2CCC(N3C(=O)NC4(CCN(C(C)C)CC4)C3=O)CC2)cc1. The normalized spacial score (nSPS) is 22.3. The van der Waals surface area contributed by atoms with Crippen molar-refractivity contribution in [2.24, 2.45) is 0 Å². The van der Waals surface area contributed by atoms with Gasteiger partial charge in [-0.25, -0.2) is 4.79 Å². The molecule has 1 N–H and O–H groups in total. The Labute approximate surface area is 183 Å². The fraction of sp³-hybridized carbons (Fsp3) is 0.609. The van der Waals surface area contributed by atoms with E-state index in [1.54, 1.807) is 36.3 Å². The smallest absolute Gasteiger partial charge is 0.325 e. The van der Waals surface area contributed by atoms with Crippen molar-refractivity contribution in [3.05, 3.63) is 29.8 Å². The van der Waals surface area contributed by atoms with Crippen molar-refractivity contribution in [2.45, 2.75) is 57.2 Å². The van der Waals surface area contributed by atoms with Gasteiger partial charge in [-0.15, -0.1) is 0 Å². The number of nitrogens with one attached hydrogen (secondary N) is 1. The van der Waals surface area contributed by atoms with Crippen LogP contribution in [-0.4, -0.2) is 83.5 Å². The number of amides is 4. The fourth-order valence-corrected chi connectivity index (χ4v) is 4.98. The first-order chi connectivity index (χ1) is 14.8. The lowest BCUT2D eigenvalue weighted by molar-refractivity contribution is -0.135. The summed E-state index contributed by atoms with van der Waals surface area (Å²) in [6.45, 7) is 6.99. The zero-order valence-electron chi connectivity index (χ0n) is 18.6. The van der Waals surface area contributed by atoms with Gasteiger partial charge < -0.3 is 19.9 Å². The zero-order chi connectivity index (χ0) is 22.2. The molecular weight excluding hydrogens is 396 g/mol. The average Bonchev–Trinajstić information content (AvgIpc) is 3.02. The minimum Gasteiger partial charge on any atom is -0.497 e. The van der Waals surface area contributed by atoms with Gasteiger partial charge in [0.25, 0.3) is 11.8 Å². The molecule has 0 unspecified atom stereocenters. The lowest BCUT2D eigenvalue weighted by Crippen LogP contribution is -2.56. The van der Waals surface area contributed by atoms with Gasteiger partial charge in [0, 0.05) is 43.8 Å². The Hall–Kier alpha value is -2.61. The van der Waals surface area contributed by atoms with E-state index >= 15 is 0 Å². The van der Waals surface area contributed by atoms with Gasteiger partial charge in [0.1, 0.15) is 11.3 Å². The zero-order valence-corrected chi connectivity index (χ0v) is 18.6. The third-order valence-electron chi connectivity index (χ3n) is 7.03. The Morgan fingerprint density at radius 2 is 1.68 bits per heavy atom. The van der Waals surface area contributed by atoms with E-state index < -0.39 is 5.54 Å². The minimum absolute atomic E-state index is 0.0316. The Morgan fingerprint density at radius 1 is 1.06 bits per heavy atom. The van der Waals surface area contributed by atoms with E-state index in [2.05, 4.69) is 24.1 Å². The number of hydrogen-bond donors (Lipinski definition) is 1. The summed E-state index contributed by atoms with van der Waals surface area (Å²) >= 11 is 0. The van der Waals surface area contributed by atoms with E-state index in [1.165, 1.54) is 4.90 Å². The van der Waals surface area contributed by atoms with Crippen LogP contribution in [0.15, 0.2) is 24.3 Å². The summed E-state index contributed by atoms with van der Waals surface area (Å²) in [5.74, 6) is 0.596. The lowest BCUT2D eigenvalue weighted by atomic mass is 9.86. The quantitative estimate of drug-likeness (QED) is 0.743. The van der Waals surface area contributed by atoms with E-state index in [-0.39, 0.29) is 23.9 Å². The third kappa shape index (κ3) is 4.01. The average molecular weight is 429 g/mol. The monoisotopic (exact) mass is 428 g/mol. The molecule has 4 amide bonds. The molecule has 0 aromatic heterocycles. The molecule has 1 aromatic carbocycles. The molecule has 3 fully saturated rings. The maximum absolute atomic E-state index is 13.3. The van der Waals surface area contributed by atoms with Crippen LogP contribution in [-0.2, 0) is 4.79 Å². The van der Waals surface area contributed by atoms with E-state index in [9.17, 15) is 14.4 Å². The molecule has 0 aliphatic carbocycles. The molecular formula is C23H32N4O4. The van der Waals surface area contributed by atoms with Crippen LogP contribution in [0.5, 0.6) is 5.75 Å². The number of likely N-dealkylation sites (tertiary alicyclic amines) is 2. The Bertz CT molecular complexity index is 838. The van der Waals surface area contributed by atoms with Crippen molar-refractivity contribution in [1.29, 1.82) is 0 Å². The van der Waals surface area contributed by atoms with Crippen LogP contribution < -0.4 is 10.1 Å². The highest BCUT2D eigenvalue weighted by atomic mass is 16.5. The molecule has 3 saturated heterocycles. The maximum Gasteiger partial charge on any atom is 0.325 e. The van der Waals surface area contributed by atoms with E-state index in [0.717, 1.165) is 13.1 Å². The number of methoxy groups -OCH3 is 1. The maximum atomic E-state index is 13.3. The molecule has 3 aliphatic rings. The number of rotatable bonds is 4. The summed E-state index contributed by atoms with van der Waals surface area (Å²) < 4.78 is 5.15. The minimum atomic E-state index is -0.751. The van der Waals surface area contributed by atoms with Crippen molar-refractivity contribution >= 4 is 17.8 Å². The first-order valence-electron chi connectivity index (χ1n) is 11.2. The molecule has 8 nitrogen and oxygen atoms in total. The van der Waals surface area contributed by atoms with Gasteiger partial charge in [-0.1, -0.05) is 0 Å². The van der Waals surface area contributed by atoms with Crippen LogP contribution in [0.4, 0.5) is 4.79 Å². The van der Waals surface area contributed by atoms with Gasteiger partial charge in [-0.2, -0.15) is 0 Å². The first kappa shape index (κ1) is 21.6. The molecule has 8 heteroatoms. The Balaban J connectivity index is 1.37. The number of ether oxygens (including phenoxy) is 1. The van der Waals surface area contributed by atoms with Crippen molar-refractivity contribution in [2.75, 3.05) is 33.3 Å². The molecule has 0 radical (unpaired) electrons. The van der Waals surface area contributed by atoms with Crippen LogP contribution in [0, 0.1) is 0 Å². The fourth-order valence-electron chi connectivity index (χ4n) is 4.98. The number of benzene rings is 1. The molecule has 3 heterocycles. The molecule has 31 heavy (non-hydrogen) atoms. The molecule has 1 aromatic rings. The number of imide groups is 1. The summed E-state index contributed by atoms with van der Waals surface area (Å²) in [5.41, 5.74) is -0.136. The van der Waals surface area contributed by atoms with Crippen LogP contribution in [0.25, 0.3) is 0 Å². The largest absolute Gasteiger partial charge is 0.497 e. The van der Waals surface area contributed by atoms with Crippen LogP contribution >= 0.6 is 0 Å². The van der Waals surface area contributed by atoms with Crippen molar-refractivity contribution in [3.63, 3.8) is 0 Å². The van der Waals surface area contributed by atoms with Gasteiger partial charge in [0.2, 0.25) is 0 Å². The molecule has 3 aliphatic heterocycles. The van der Waals surface area contributed by atoms with Crippen molar-refractivity contribution < 1.29 is 19.1 Å². The number of urea groups is 1. The summed E-state index contributed by atoms with van der Waals surface area (Å²) in [5, 5.41) is 3.01. The first-order valence-corrected chi connectivity index (χ1v) is 11.2. The molecule has 168 valence electrons. The van der Waals surface area contributed by atoms with Gasteiger partial charge in [0.15, 0.2) is 0 Å². The molecule has 4 rings (SSSR count). The van der Waals surface area contributed by atoms with Crippen molar-refractivity contribution in [3.8, 4) is 5.75 Å². The van der Waals surface area contributed by atoms with E-state index in [4.69, 9.17) is 4.74 Å². The van der Waals surface area contributed by atoms with Gasteiger partial charge in [-0.05, 0) is 63.8 Å². The van der Waals surface area contributed by atoms with Crippen LogP contribution in [0.1, 0.15) is 49.9 Å². The van der Waals surface area contributed by atoms with Gasteiger partial charge in [-0.3, -0.25) is 14.5 Å². The van der Waals surface area contributed by atoms with E-state index in [0.29, 0.717) is 56.1 Å². The third-order valence-corrected chi connectivity index (χ3v) is 7.03. The molecule has 0 atom stereocenters. The predicted octanol–water partition coefficient (Wildman–Crippen LogP) is 2.09. The lowest BCUT2D eigenvalue weighted by Gasteiger charge is -2.40. The highest BCUT2D eigenvalue weighted by Crippen LogP contribution is 2.33. The summed E-state index contributed by atoms with van der Waals surface area (Å²) in [4.78, 5) is 44.4. The number of piperidine rings is 2. The van der Waals surface area contributed by atoms with Crippen molar-refractivity contribution in [1.82, 2.24) is 20.0 Å². The van der Waals surface area contributed by atoms with Crippen LogP contribution in [0.2, 0.25) is 0 Å². The second kappa shape index (κ2) is 8.49. The second-order valence-corrected chi connectivity index (χ2v) is 9.07. The Morgan fingerprint density at radius 3 is 2.23 bits per heavy atom. The summed E-state index contributed by atoms with van der Waals surface area (Å²) in [6.07, 6.45) is 2.52. The topological polar surface area (TPSA) is 82.2 Å². The number of carbonyl (C=O) groups is 3. The summed E-state index contributed by atoms with van der Waals surface area (Å²) in [7, 11) is 1.59. The Kier molecular flexibility index (Phi) is 5.92. The number of carbonyl (C=O) groups excluding carboxylic acids is 3. The van der Waals surface area contributed by atoms with Gasteiger partial charge in [0.05, 0.1) is 7.11 Å². The predicted molar refractivity (Wildman–Crippen MR) is 116 cm³/mol. The van der Waals surface area contributed by atoms with Crippen LogP contribution in [0.3, 0.4) is 0 Å². The molecule has 1 spiro atoms. The molecule has 0 saturated carbocycles. The van der Waals surface area contributed by atoms with E-state index in [1.807, 2.05) is 0 Å². The standard InChI is InChI=1S/C23H32N4O4/c1-16(2)25-14-10-23(11-15-25)21(29)27(22(30)24-23)18-8-12-26(13-9-18)20(28)17-4-6-19(31-3)7-5-17/h4-7,16,18H,8-15H2,1-3H3,(H,24,30). The number of hydrogen-bond acceptors (Lipinski definition) is 5. The van der Waals surface area contributed by atoms with Gasteiger partial charge >= 0.3 is 6.03 Å². The second-order valence-electron chi connectivity index (χ2n) is 9.07. The molecule has 0 bridgehead atoms.